The van der Waals surface area contributed by atoms with Crippen LogP contribution in [0, 0.1) is 6.92 Å². The van der Waals surface area contributed by atoms with Crippen molar-refractivity contribution < 1.29 is 0 Å². The third-order valence-electron chi connectivity index (χ3n) is 3.58. The van der Waals surface area contributed by atoms with Crippen LogP contribution in [-0.4, -0.2) is 57.9 Å². The molecule has 0 bridgehead atoms. The molecule has 6 heteroatoms. The summed E-state index contributed by atoms with van der Waals surface area (Å²) in [5.41, 5.74) is 1.92. The minimum Gasteiger partial charge on any atom is -0.353 e. The van der Waals surface area contributed by atoms with Crippen molar-refractivity contribution >= 4 is 16.9 Å². The molecule has 6 nitrogen and oxygen atoms in total. The van der Waals surface area contributed by atoms with Crippen molar-refractivity contribution in [3.8, 4) is 0 Å². The van der Waals surface area contributed by atoms with Crippen LogP contribution in [0.25, 0.3) is 11.0 Å². The van der Waals surface area contributed by atoms with Gasteiger partial charge in [-0.25, -0.2) is 9.97 Å². The summed E-state index contributed by atoms with van der Waals surface area (Å²) in [6.07, 6.45) is 1.64. The van der Waals surface area contributed by atoms with Crippen molar-refractivity contribution in [2.45, 2.75) is 6.92 Å². The second-order valence-electron chi connectivity index (χ2n) is 4.90. The number of hydrogen-bond donors (Lipinski definition) is 0. The monoisotopic (exact) mass is 246 g/mol. The highest BCUT2D eigenvalue weighted by molar-refractivity contribution is 5.89. The summed E-state index contributed by atoms with van der Waals surface area (Å²) in [6, 6.07) is 0. The van der Waals surface area contributed by atoms with Crippen LogP contribution in [0.5, 0.6) is 0 Å². The Hall–Kier alpha value is -1.69. The Balaban J connectivity index is 2.06. The van der Waals surface area contributed by atoms with E-state index in [1.807, 2.05) is 18.7 Å². The highest BCUT2D eigenvalue weighted by Gasteiger charge is 2.20. The minimum absolute atomic E-state index is 0.913. The fourth-order valence-electron chi connectivity index (χ4n) is 2.52. The summed E-state index contributed by atoms with van der Waals surface area (Å²) in [5, 5.41) is 5.53. The van der Waals surface area contributed by atoms with Crippen LogP contribution >= 0.6 is 0 Å². The first-order valence-corrected chi connectivity index (χ1v) is 6.24. The smallest absolute Gasteiger partial charge is 0.163 e. The molecule has 0 amide bonds. The van der Waals surface area contributed by atoms with Gasteiger partial charge in [0.2, 0.25) is 0 Å². The van der Waals surface area contributed by atoms with Gasteiger partial charge in [-0.2, -0.15) is 5.10 Å². The zero-order valence-corrected chi connectivity index (χ0v) is 11.1. The molecule has 0 radical (unpaired) electrons. The molecular weight excluding hydrogens is 228 g/mol. The third-order valence-corrected chi connectivity index (χ3v) is 3.58. The number of aryl methyl sites for hydroxylation is 2. The molecule has 3 rings (SSSR count). The Morgan fingerprint density at radius 1 is 1.06 bits per heavy atom. The zero-order valence-electron chi connectivity index (χ0n) is 11.1. The van der Waals surface area contributed by atoms with Crippen molar-refractivity contribution in [1.29, 1.82) is 0 Å². The van der Waals surface area contributed by atoms with Gasteiger partial charge in [-0.15, -0.1) is 0 Å². The molecule has 0 N–H and O–H groups in total. The maximum Gasteiger partial charge on any atom is 0.163 e. The topological polar surface area (TPSA) is 50.1 Å². The molecule has 0 unspecified atom stereocenters. The van der Waals surface area contributed by atoms with E-state index in [9.17, 15) is 0 Å². The van der Waals surface area contributed by atoms with Crippen molar-refractivity contribution in [2.24, 2.45) is 7.05 Å². The van der Waals surface area contributed by atoms with E-state index in [2.05, 4.69) is 31.9 Å². The molecule has 0 saturated carbocycles. The Morgan fingerprint density at radius 3 is 2.50 bits per heavy atom. The van der Waals surface area contributed by atoms with E-state index in [4.69, 9.17) is 0 Å². The number of rotatable bonds is 1. The van der Waals surface area contributed by atoms with Gasteiger partial charge in [0.05, 0.1) is 11.1 Å². The molecule has 0 atom stereocenters. The van der Waals surface area contributed by atoms with Gasteiger partial charge < -0.3 is 9.80 Å². The molecule has 2 aromatic rings. The Bertz CT molecular complexity index is 567. The molecule has 1 fully saturated rings. The molecule has 1 aliphatic rings. The van der Waals surface area contributed by atoms with Gasteiger partial charge in [-0.05, 0) is 14.0 Å². The fraction of sp³-hybridized carbons (Fsp3) is 0.583. The predicted molar refractivity (Wildman–Crippen MR) is 70.8 cm³/mol. The van der Waals surface area contributed by atoms with Crippen LogP contribution in [0.2, 0.25) is 0 Å². The average Bonchev–Trinajstić information content (AvgIpc) is 2.66. The number of nitrogens with zero attached hydrogens (tertiary/aromatic N) is 6. The van der Waals surface area contributed by atoms with Gasteiger partial charge in [0.1, 0.15) is 12.1 Å². The molecule has 1 saturated heterocycles. The van der Waals surface area contributed by atoms with Gasteiger partial charge in [-0.3, -0.25) is 4.68 Å². The van der Waals surface area contributed by atoms with Gasteiger partial charge in [0.25, 0.3) is 0 Å². The lowest BCUT2D eigenvalue weighted by atomic mass is 10.2. The number of likely N-dealkylation sites (N-methyl/N-ethyl adjacent to an activating group) is 1. The maximum atomic E-state index is 4.47. The third kappa shape index (κ3) is 1.73. The first-order chi connectivity index (χ1) is 8.66. The summed E-state index contributed by atoms with van der Waals surface area (Å²) >= 11 is 0. The molecule has 96 valence electrons. The van der Waals surface area contributed by atoms with Gasteiger partial charge >= 0.3 is 0 Å². The van der Waals surface area contributed by atoms with E-state index in [0.29, 0.717) is 0 Å². The van der Waals surface area contributed by atoms with E-state index in [-0.39, 0.29) is 0 Å². The molecule has 0 aliphatic carbocycles. The lowest BCUT2D eigenvalue weighted by Crippen LogP contribution is -2.44. The summed E-state index contributed by atoms with van der Waals surface area (Å²) < 4.78 is 1.83. The summed E-state index contributed by atoms with van der Waals surface area (Å²) in [7, 11) is 4.08. The van der Waals surface area contributed by atoms with Crippen LogP contribution in [0.4, 0.5) is 5.82 Å². The number of aromatic nitrogens is 4. The molecule has 0 aromatic carbocycles. The predicted octanol–water partition coefficient (Wildman–Crippen LogP) is 0.424. The van der Waals surface area contributed by atoms with Crippen LogP contribution in [0.3, 0.4) is 0 Å². The zero-order chi connectivity index (χ0) is 12.7. The maximum absolute atomic E-state index is 4.47. The van der Waals surface area contributed by atoms with Crippen LogP contribution < -0.4 is 4.90 Å². The number of hydrogen-bond acceptors (Lipinski definition) is 5. The van der Waals surface area contributed by atoms with E-state index in [1.54, 1.807) is 6.33 Å². The highest BCUT2D eigenvalue weighted by Crippen LogP contribution is 2.25. The van der Waals surface area contributed by atoms with Crippen molar-refractivity contribution in [1.82, 2.24) is 24.6 Å². The quantitative estimate of drug-likeness (QED) is 0.730. The summed E-state index contributed by atoms with van der Waals surface area (Å²) in [6.45, 7) is 6.19. The molecule has 18 heavy (non-hydrogen) atoms. The largest absolute Gasteiger partial charge is 0.353 e. The van der Waals surface area contributed by atoms with E-state index in [0.717, 1.165) is 48.7 Å². The first-order valence-electron chi connectivity index (χ1n) is 6.24. The van der Waals surface area contributed by atoms with E-state index >= 15 is 0 Å². The molecule has 3 heterocycles. The molecular formula is C12H18N6. The normalized spacial score (nSPS) is 17.6. The van der Waals surface area contributed by atoms with Gasteiger partial charge in [0, 0.05) is 33.2 Å². The second-order valence-corrected chi connectivity index (χ2v) is 4.90. The van der Waals surface area contributed by atoms with Crippen molar-refractivity contribution in [3.63, 3.8) is 0 Å². The van der Waals surface area contributed by atoms with Crippen molar-refractivity contribution in [2.75, 3.05) is 38.1 Å². The van der Waals surface area contributed by atoms with Gasteiger partial charge in [-0.1, -0.05) is 0 Å². The fourth-order valence-corrected chi connectivity index (χ4v) is 2.52. The highest BCUT2D eigenvalue weighted by atomic mass is 15.3. The molecule has 0 spiro atoms. The second kappa shape index (κ2) is 4.20. The lowest BCUT2D eigenvalue weighted by Gasteiger charge is -2.33. The summed E-state index contributed by atoms with van der Waals surface area (Å²) in [4.78, 5) is 13.5. The summed E-state index contributed by atoms with van der Waals surface area (Å²) in [5.74, 6) is 1.03. The van der Waals surface area contributed by atoms with Crippen molar-refractivity contribution in [3.05, 3.63) is 12.0 Å². The standard InChI is InChI=1S/C12H18N6/c1-9-10-11(17(3)15-9)13-8-14-12(10)18-6-4-16(2)5-7-18/h8H,4-7H2,1-3H3. The Kier molecular flexibility index (Phi) is 2.66. The lowest BCUT2D eigenvalue weighted by molar-refractivity contribution is 0.312. The Morgan fingerprint density at radius 2 is 1.78 bits per heavy atom. The van der Waals surface area contributed by atoms with Crippen LogP contribution in [-0.2, 0) is 7.05 Å². The minimum atomic E-state index is 0.913. The Labute approximate surface area is 106 Å². The number of fused-ring (bicyclic) bond motifs is 1. The van der Waals surface area contributed by atoms with Crippen LogP contribution in [0.1, 0.15) is 5.69 Å². The SMILES string of the molecule is Cc1nn(C)c2ncnc(N3CCN(C)CC3)c12. The number of piperazine rings is 1. The average molecular weight is 246 g/mol. The van der Waals surface area contributed by atoms with Gasteiger partial charge in [0.15, 0.2) is 5.65 Å². The van der Waals surface area contributed by atoms with Crippen LogP contribution in [0.15, 0.2) is 6.33 Å². The number of anilines is 1. The van der Waals surface area contributed by atoms with E-state index < -0.39 is 0 Å². The molecule has 1 aliphatic heterocycles. The molecule has 2 aromatic heterocycles. The van der Waals surface area contributed by atoms with E-state index in [1.165, 1.54) is 0 Å². The first kappa shape index (κ1) is 11.4.